The molecule has 3 rings (SSSR count). The molecule has 3 aromatic rings. The summed E-state index contributed by atoms with van der Waals surface area (Å²) in [7, 11) is 1.39. The molecule has 1 amide bonds. The third-order valence-electron chi connectivity index (χ3n) is 4.54. The van der Waals surface area contributed by atoms with Crippen molar-refractivity contribution in [1.29, 1.82) is 0 Å². The van der Waals surface area contributed by atoms with Crippen LogP contribution in [-0.2, 0) is 11.2 Å². The lowest BCUT2D eigenvalue weighted by Crippen LogP contribution is -2.19. The highest BCUT2D eigenvalue weighted by atomic mass is 35.5. The van der Waals surface area contributed by atoms with Crippen LogP contribution in [-0.4, -0.2) is 33.7 Å². The SMILES string of the molecule is COc1ccc(NC(=O)CSc2nc(C)c(Cc3ccccc3Cl)c(=O)[nH]2)c([N+](=O)[O-])c1. The number of aromatic amines is 1. The number of thioether (sulfide) groups is 1. The molecule has 0 aliphatic carbocycles. The third-order valence-corrected chi connectivity index (χ3v) is 5.78. The maximum Gasteiger partial charge on any atom is 0.296 e. The van der Waals surface area contributed by atoms with Gasteiger partial charge in [-0.25, -0.2) is 4.98 Å². The summed E-state index contributed by atoms with van der Waals surface area (Å²) in [5.74, 6) is -0.281. The third kappa shape index (κ3) is 5.65. The molecule has 0 aliphatic heterocycles. The van der Waals surface area contributed by atoms with E-state index in [4.69, 9.17) is 16.3 Å². The van der Waals surface area contributed by atoms with Gasteiger partial charge in [-0.2, -0.15) is 0 Å². The van der Waals surface area contributed by atoms with Crippen molar-refractivity contribution in [3.05, 3.63) is 84.8 Å². The number of H-pyrrole nitrogens is 1. The minimum absolute atomic E-state index is 0.0501. The van der Waals surface area contributed by atoms with Crippen LogP contribution in [0.15, 0.2) is 52.4 Å². The maximum atomic E-state index is 12.6. The second kappa shape index (κ2) is 10.3. The van der Waals surface area contributed by atoms with E-state index in [0.29, 0.717) is 28.5 Å². The molecule has 11 heteroatoms. The summed E-state index contributed by atoms with van der Waals surface area (Å²) in [4.78, 5) is 42.5. The maximum absolute atomic E-state index is 12.6. The fourth-order valence-corrected chi connectivity index (χ4v) is 3.82. The molecule has 166 valence electrons. The smallest absolute Gasteiger partial charge is 0.296 e. The van der Waals surface area contributed by atoms with Gasteiger partial charge in [0, 0.05) is 22.7 Å². The van der Waals surface area contributed by atoms with Crippen molar-refractivity contribution < 1.29 is 14.5 Å². The average molecular weight is 475 g/mol. The molecule has 2 aromatic carbocycles. The first-order valence-electron chi connectivity index (χ1n) is 9.36. The molecular weight excluding hydrogens is 456 g/mol. The molecule has 0 bridgehead atoms. The minimum atomic E-state index is -0.606. The second-order valence-corrected chi connectivity index (χ2v) is 8.05. The Balaban J connectivity index is 1.69. The Kier molecular flexibility index (Phi) is 7.49. The first-order chi connectivity index (χ1) is 15.3. The molecule has 0 saturated carbocycles. The van der Waals surface area contributed by atoms with Crippen LogP contribution in [0.25, 0.3) is 0 Å². The lowest BCUT2D eigenvalue weighted by Gasteiger charge is -2.09. The number of nitrogens with one attached hydrogen (secondary N) is 2. The lowest BCUT2D eigenvalue weighted by atomic mass is 10.1. The Morgan fingerprint density at radius 3 is 2.72 bits per heavy atom. The van der Waals surface area contributed by atoms with Crippen LogP contribution in [0.5, 0.6) is 5.75 Å². The number of methoxy groups -OCH3 is 1. The average Bonchev–Trinajstić information content (AvgIpc) is 2.76. The topological polar surface area (TPSA) is 127 Å². The van der Waals surface area contributed by atoms with Gasteiger partial charge in [-0.1, -0.05) is 41.6 Å². The first kappa shape index (κ1) is 23.3. The van der Waals surface area contributed by atoms with Gasteiger partial charge in [0.2, 0.25) is 5.91 Å². The summed E-state index contributed by atoms with van der Waals surface area (Å²) in [5, 5.41) is 14.6. The number of ether oxygens (including phenoxy) is 1. The predicted octanol–water partition coefficient (Wildman–Crippen LogP) is 3.97. The number of amides is 1. The molecule has 2 N–H and O–H groups in total. The van der Waals surface area contributed by atoms with Crippen molar-refractivity contribution in [2.24, 2.45) is 0 Å². The van der Waals surface area contributed by atoms with E-state index in [0.717, 1.165) is 17.3 Å². The Hall–Kier alpha value is -3.37. The van der Waals surface area contributed by atoms with E-state index >= 15 is 0 Å². The van der Waals surface area contributed by atoms with E-state index in [1.165, 1.54) is 25.3 Å². The van der Waals surface area contributed by atoms with Gasteiger partial charge >= 0.3 is 0 Å². The molecule has 0 spiro atoms. The number of aromatic nitrogens is 2. The highest BCUT2D eigenvalue weighted by Gasteiger charge is 2.18. The van der Waals surface area contributed by atoms with Crippen LogP contribution in [0.2, 0.25) is 5.02 Å². The van der Waals surface area contributed by atoms with Gasteiger partial charge in [-0.3, -0.25) is 19.7 Å². The van der Waals surface area contributed by atoms with Crippen molar-refractivity contribution in [2.45, 2.75) is 18.5 Å². The number of nitro groups is 1. The highest BCUT2D eigenvalue weighted by Crippen LogP contribution is 2.29. The monoisotopic (exact) mass is 474 g/mol. The molecule has 0 radical (unpaired) electrons. The number of benzene rings is 2. The zero-order chi connectivity index (χ0) is 23.3. The Bertz CT molecular complexity index is 1230. The van der Waals surface area contributed by atoms with Crippen molar-refractivity contribution in [3.63, 3.8) is 0 Å². The predicted molar refractivity (Wildman–Crippen MR) is 123 cm³/mol. The number of carbonyl (C=O) groups is 1. The van der Waals surface area contributed by atoms with Crippen molar-refractivity contribution >= 4 is 40.6 Å². The Morgan fingerprint density at radius 2 is 2.06 bits per heavy atom. The number of nitro benzene ring substituents is 1. The zero-order valence-corrected chi connectivity index (χ0v) is 18.7. The van der Waals surface area contributed by atoms with Crippen LogP contribution < -0.4 is 15.6 Å². The standard InChI is InChI=1S/C21H19ClN4O5S/c1-12-15(9-13-5-3-4-6-16(13)22)20(28)25-21(23-12)32-11-19(27)24-17-8-7-14(31-2)10-18(17)26(29)30/h3-8,10H,9,11H2,1-2H3,(H,24,27)(H,23,25,28). The van der Waals surface area contributed by atoms with E-state index in [-0.39, 0.29) is 27.8 Å². The highest BCUT2D eigenvalue weighted by molar-refractivity contribution is 7.99. The van der Waals surface area contributed by atoms with Crippen molar-refractivity contribution in [2.75, 3.05) is 18.2 Å². The van der Waals surface area contributed by atoms with Crippen LogP contribution in [0.1, 0.15) is 16.8 Å². The minimum Gasteiger partial charge on any atom is -0.496 e. The van der Waals surface area contributed by atoms with Gasteiger partial charge in [0.15, 0.2) is 5.16 Å². The summed E-state index contributed by atoms with van der Waals surface area (Å²) in [5.41, 5.74) is 1.28. The van der Waals surface area contributed by atoms with Gasteiger partial charge < -0.3 is 15.0 Å². The summed E-state index contributed by atoms with van der Waals surface area (Å²) in [6.07, 6.45) is 0.334. The second-order valence-electron chi connectivity index (χ2n) is 6.68. The molecule has 0 atom stereocenters. The van der Waals surface area contributed by atoms with E-state index in [1.807, 2.05) is 18.2 Å². The Morgan fingerprint density at radius 1 is 1.31 bits per heavy atom. The molecule has 1 heterocycles. The first-order valence-corrected chi connectivity index (χ1v) is 10.7. The number of anilines is 1. The van der Waals surface area contributed by atoms with E-state index in [2.05, 4.69) is 15.3 Å². The quantitative estimate of drug-likeness (QED) is 0.219. The molecule has 9 nitrogen and oxygen atoms in total. The normalized spacial score (nSPS) is 10.6. The van der Waals surface area contributed by atoms with Crippen molar-refractivity contribution in [3.8, 4) is 5.75 Å². The van der Waals surface area contributed by atoms with Gasteiger partial charge in [0.25, 0.3) is 11.2 Å². The number of nitrogens with zero attached hydrogens (tertiary/aromatic N) is 2. The number of halogens is 1. The van der Waals surface area contributed by atoms with E-state index in [1.54, 1.807) is 13.0 Å². The molecule has 1 aromatic heterocycles. The molecule has 0 fully saturated rings. The number of hydrogen-bond acceptors (Lipinski definition) is 7. The van der Waals surface area contributed by atoms with Gasteiger partial charge in [-0.15, -0.1) is 0 Å². The summed E-state index contributed by atoms with van der Waals surface area (Å²) >= 11 is 7.20. The van der Waals surface area contributed by atoms with E-state index < -0.39 is 10.8 Å². The number of hydrogen-bond donors (Lipinski definition) is 2. The number of carbonyl (C=O) groups excluding carboxylic acids is 1. The largest absolute Gasteiger partial charge is 0.496 e. The molecule has 32 heavy (non-hydrogen) atoms. The summed E-state index contributed by atoms with van der Waals surface area (Å²) in [6.45, 7) is 1.71. The van der Waals surface area contributed by atoms with Gasteiger partial charge in [0.05, 0.1) is 23.9 Å². The zero-order valence-electron chi connectivity index (χ0n) is 17.2. The van der Waals surface area contributed by atoms with Gasteiger partial charge in [-0.05, 0) is 30.7 Å². The fraction of sp³-hybridized carbons (Fsp3) is 0.190. The van der Waals surface area contributed by atoms with E-state index in [9.17, 15) is 19.7 Å². The molecule has 0 saturated heterocycles. The molecule has 0 unspecified atom stereocenters. The van der Waals surface area contributed by atoms with Gasteiger partial charge in [0.1, 0.15) is 11.4 Å². The summed E-state index contributed by atoms with van der Waals surface area (Å²) < 4.78 is 4.98. The van der Waals surface area contributed by atoms with Crippen molar-refractivity contribution in [1.82, 2.24) is 9.97 Å². The van der Waals surface area contributed by atoms with Crippen LogP contribution in [0.3, 0.4) is 0 Å². The molecule has 0 aliphatic rings. The van der Waals surface area contributed by atoms with Crippen LogP contribution >= 0.6 is 23.4 Å². The fourth-order valence-electron chi connectivity index (χ4n) is 2.91. The number of aryl methyl sites for hydroxylation is 1. The van der Waals surface area contributed by atoms with Crippen LogP contribution in [0.4, 0.5) is 11.4 Å². The summed E-state index contributed by atoms with van der Waals surface area (Å²) in [6, 6.07) is 11.4. The Labute approximate surface area is 192 Å². The number of rotatable bonds is 8. The van der Waals surface area contributed by atoms with Crippen LogP contribution in [0, 0.1) is 17.0 Å². The lowest BCUT2D eigenvalue weighted by molar-refractivity contribution is -0.384. The molecular formula is C21H19ClN4O5S.